The molecule has 1 aromatic heterocycles. The van der Waals surface area contributed by atoms with E-state index in [1.165, 1.54) is 0 Å². The maximum absolute atomic E-state index is 9.14. The van der Waals surface area contributed by atoms with Gasteiger partial charge in [-0.2, -0.15) is 0 Å². The van der Waals surface area contributed by atoms with Gasteiger partial charge in [-0.1, -0.05) is 0 Å². The Morgan fingerprint density at radius 3 is 2.60 bits per heavy atom. The van der Waals surface area contributed by atoms with Crippen molar-refractivity contribution in [3.8, 4) is 16.3 Å². The second-order valence-electron chi connectivity index (χ2n) is 3.15. The third kappa shape index (κ3) is 2.34. The van der Waals surface area contributed by atoms with E-state index in [2.05, 4.69) is 4.98 Å². The van der Waals surface area contributed by atoms with Crippen molar-refractivity contribution < 1.29 is 10.2 Å². The Balaban J connectivity index is 2.25. The lowest BCUT2D eigenvalue weighted by atomic mass is 10.2. The van der Waals surface area contributed by atoms with Gasteiger partial charge >= 0.3 is 0 Å². The van der Waals surface area contributed by atoms with Gasteiger partial charge in [-0.25, -0.2) is 4.98 Å². The molecule has 0 fully saturated rings. The Bertz CT molecular complexity index is 436. The molecule has 78 valence electrons. The van der Waals surface area contributed by atoms with Crippen molar-refractivity contribution >= 4 is 11.3 Å². The molecule has 0 aliphatic heterocycles. The van der Waals surface area contributed by atoms with Crippen LogP contribution in [0.3, 0.4) is 0 Å². The molecule has 15 heavy (non-hydrogen) atoms. The van der Waals surface area contributed by atoms with E-state index in [-0.39, 0.29) is 12.4 Å². The van der Waals surface area contributed by atoms with Crippen LogP contribution in [-0.4, -0.2) is 21.8 Å². The Kier molecular flexibility index (Phi) is 2.99. The molecule has 1 aromatic carbocycles. The minimum atomic E-state index is 0.150. The largest absolute Gasteiger partial charge is 0.508 e. The van der Waals surface area contributed by atoms with Gasteiger partial charge in [0.15, 0.2) is 0 Å². The Labute approximate surface area is 91.7 Å². The fourth-order valence-corrected chi connectivity index (χ4v) is 2.18. The molecule has 0 aliphatic rings. The monoisotopic (exact) mass is 221 g/mol. The predicted octanol–water partition coefficient (Wildman–Crippen LogP) is 2.05. The summed E-state index contributed by atoms with van der Waals surface area (Å²) in [6.45, 7) is 0.150. The number of hydrogen-bond acceptors (Lipinski definition) is 4. The molecular formula is C11H11NO2S. The highest BCUT2D eigenvalue weighted by molar-refractivity contribution is 7.15. The summed E-state index contributed by atoms with van der Waals surface area (Å²) in [5, 5.41) is 18.8. The SMILES string of the molecule is OCCc1cnc(-c2ccc(O)cc2)s1. The highest BCUT2D eigenvalue weighted by Crippen LogP contribution is 2.26. The number of nitrogens with zero attached hydrogens (tertiary/aromatic N) is 1. The summed E-state index contributed by atoms with van der Waals surface area (Å²) in [5.74, 6) is 0.255. The van der Waals surface area contributed by atoms with Crippen LogP contribution < -0.4 is 0 Å². The van der Waals surface area contributed by atoms with Crippen LogP contribution in [0.2, 0.25) is 0 Å². The first-order valence-electron chi connectivity index (χ1n) is 4.64. The van der Waals surface area contributed by atoms with Crippen LogP contribution in [0.1, 0.15) is 4.88 Å². The summed E-state index contributed by atoms with van der Waals surface area (Å²) in [6, 6.07) is 6.94. The standard InChI is InChI=1S/C11H11NO2S/c13-6-5-10-7-12-11(15-10)8-1-3-9(14)4-2-8/h1-4,7,13-14H,5-6H2. The molecule has 0 bridgehead atoms. The summed E-state index contributed by atoms with van der Waals surface area (Å²) < 4.78 is 0. The molecular weight excluding hydrogens is 210 g/mol. The number of phenolic OH excluding ortho intramolecular Hbond substituents is 1. The minimum absolute atomic E-state index is 0.150. The zero-order chi connectivity index (χ0) is 10.7. The van der Waals surface area contributed by atoms with Gasteiger partial charge in [0.05, 0.1) is 0 Å². The van der Waals surface area contributed by atoms with E-state index in [4.69, 9.17) is 10.2 Å². The smallest absolute Gasteiger partial charge is 0.123 e. The summed E-state index contributed by atoms with van der Waals surface area (Å²) in [5.41, 5.74) is 0.988. The van der Waals surface area contributed by atoms with Crippen LogP contribution in [0.5, 0.6) is 5.75 Å². The van der Waals surface area contributed by atoms with Gasteiger partial charge in [0.25, 0.3) is 0 Å². The minimum Gasteiger partial charge on any atom is -0.508 e. The average Bonchev–Trinajstić information content (AvgIpc) is 2.68. The zero-order valence-corrected chi connectivity index (χ0v) is 8.87. The number of benzene rings is 1. The first kappa shape index (κ1) is 10.1. The second kappa shape index (κ2) is 4.42. The van der Waals surface area contributed by atoms with Crippen molar-refractivity contribution in [3.05, 3.63) is 35.3 Å². The van der Waals surface area contributed by atoms with E-state index in [9.17, 15) is 0 Å². The number of aromatic nitrogens is 1. The Hall–Kier alpha value is -1.39. The number of aliphatic hydroxyl groups is 1. The Morgan fingerprint density at radius 1 is 1.20 bits per heavy atom. The van der Waals surface area contributed by atoms with E-state index >= 15 is 0 Å². The lowest BCUT2D eigenvalue weighted by Crippen LogP contribution is -1.84. The van der Waals surface area contributed by atoms with Crippen LogP contribution in [0.15, 0.2) is 30.5 Å². The topological polar surface area (TPSA) is 53.4 Å². The Morgan fingerprint density at radius 2 is 1.93 bits per heavy atom. The number of thiazole rings is 1. The summed E-state index contributed by atoms with van der Waals surface area (Å²) in [6.07, 6.45) is 2.43. The van der Waals surface area contributed by atoms with Gasteiger partial charge in [0.1, 0.15) is 10.8 Å². The van der Waals surface area contributed by atoms with Crippen molar-refractivity contribution in [1.29, 1.82) is 0 Å². The molecule has 0 saturated heterocycles. The number of aromatic hydroxyl groups is 1. The van der Waals surface area contributed by atoms with Gasteiger partial charge < -0.3 is 10.2 Å². The molecule has 0 unspecified atom stereocenters. The fourth-order valence-electron chi connectivity index (χ4n) is 1.27. The third-order valence-electron chi connectivity index (χ3n) is 2.03. The molecule has 0 saturated carbocycles. The molecule has 4 heteroatoms. The van der Waals surface area contributed by atoms with E-state index in [1.807, 2.05) is 12.1 Å². The highest BCUT2D eigenvalue weighted by atomic mass is 32.1. The van der Waals surface area contributed by atoms with Crippen LogP contribution in [-0.2, 0) is 6.42 Å². The molecule has 3 nitrogen and oxygen atoms in total. The lowest BCUT2D eigenvalue weighted by Gasteiger charge is -1.95. The molecule has 1 heterocycles. The number of phenols is 1. The molecule has 0 amide bonds. The fraction of sp³-hybridized carbons (Fsp3) is 0.182. The molecule has 0 atom stereocenters. The maximum Gasteiger partial charge on any atom is 0.123 e. The number of aliphatic hydroxyl groups excluding tert-OH is 1. The van der Waals surface area contributed by atoms with E-state index in [0.29, 0.717) is 6.42 Å². The van der Waals surface area contributed by atoms with Crippen LogP contribution in [0.4, 0.5) is 0 Å². The van der Waals surface area contributed by atoms with Crippen LogP contribution >= 0.6 is 11.3 Å². The quantitative estimate of drug-likeness (QED) is 0.834. The summed E-state index contributed by atoms with van der Waals surface area (Å²) in [4.78, 5) is 5.33. The van der Waals surface area contributed by atoms with Crippen LogP contribution in [0.25, 0.3) is 10.6 Å². The molecule has 2 N–H and O–H groups in total. The zero-order valence-electron chi connectivity index (χ0n) is 8.05. The summed E-state index contributed by atoms with van der Waals surface area (Å²) in [7, 11) is 0. The van der Waals surface area contributed by atoms with E-state index < -0.39 is 0 Å². The van der Waals surface area contributed by atoms with Gasteiger partial charge in [0.2, 0.25) is 0 Å². The lowest BCUT2D eigenvalue weighted by molar-refractivity contribution is 0.300. The van der Waals surface area contributed by atoms with Crippen molar-refractivity contribution in [1.82, 2.24) is 4.98 Å². The number of hydrogen-bond donors (Lipinski definition) is 2. The van der Waals surface area contributed by atoms with Crippen molar-refractivity contribution in [3.63, 3.8) is 0 Å². The number of rotatable bonds is 3. The van der Waals surface area contributed by atoms with E-state index in [0.717, 1.165) is 15.4 Å². The molecule has 0 aliphatic carbocycles. The summed E-state index contributed by atoms with van der Waals surface area (Å²) >= 11 is 1.56. The van der Waals surface area contributed by atoms with Gasteiger partial charge in [-0.05, 0) is 24.3 Å². The molecule has 2 aromatic rings. The van der Waals surface area contributed by atoms with Gasteiger partial charge in [-0.15, -0.1) is 11.3 Å². The van der Waals surface area contributed by atoms with Gasteiger partial charge in [-0.3, -0.25) is 0 Å². The molecule has 0 spiro atoms. The second-order valence-corrected chi connectivity index (χ2v) is 4.27. The van der Waals surface area contributed by atoms with Crippen molar-refractivity contribution in [2.24, 2.45) is 0 Å². The van der Waals surface area contributed by atoms with Crippen molar-refractivity contribution in [2.75, 3.05) is 6.61 Å². The van der Waals surface area contributed by atoms with Gasteiger partial charge in [0, 0.05) is 29.7 Å². The van der Waals surface area contributed by atoms with Crippen molar-refractivity contribution in [2.45, 2.75) is 6.42 Å². The average molecular weight is 221 g/mol. The first-order valence-corrected chi connectivity index (χ1v) is 5.46. The molecule has 0 radical (unpaired) electrons. The third-order valence-corrected chi connectivity index (χ3v) is 3.13. The predicted molar refractivity (Wildman–Crippen MR) is 60.0 cm³/mol. The normalized spacial score (nSPS) is 10.5. The highest BCUT2D eigenvalue weighted by Gasteiger charge is 2.03. The van der Waals surface area contributed by atoms with E-state index in [1.54, 1.807) is 29.7 Å². The first-order chi connectivity index (χ1) is 7.29. The molecule has 2 rings (SSSR count). The van der Waals surface area contributed by atoms with Crippen LogP contribution in [0, 0.1) is 0 Å². The maximum atomic E-state index is 9.14.